The number of carboxylic acid groups (broad SMARTS) is 2. The summed E-state index contributed by atoms with van der Waals surface area (Å²) in [4.78, 5) is 25.3. The molecule has 0 aliphatic rings. The van der Waals surface area contributed by atoms with E-state index in [1.165, 1.54) is 14.2 Å². The smallest absolute Gasteiger partial charge is 0.341 e. The van der Waals surface area contributed by atoms with Gasteiger partial charge in [-0.05, 0) is 61.3 Å². The van der Waals surface area contributed by atoms with E-state index in [-0.39, 0.29) is 65.5 Å². The van der Waals surface area contributed by atoms with Gasteiger partial charge in [0.2, 0.25) is 12.1 Å². The van der Waals surface area contributed by atoms with Crippen molar-refractivity contribution in [1.29, 1.82) is 0 Å². The van der Waals surface area contributed by atoms with Crippen LogP contribution in [-0.2, 0) is 52.2 Å². The lowest BCUT2D eigenvalue weighted by Gasteiger charge is -2.60. The molecule has 13 heteroatoms. The molecule has 0 saturated carbocycles. The second-order valence-corrected chi connectivity index (χ2v) is 8.83. The third-order valence-corrected chi connectivity index (χ3v) is 6.56. The number of rotatable bonds is 27. The Bertz CT molecular complexity index is 714. The maximum Gasteiger partial charge on any atom is 0.341 e. The molecule has 0 heterocycles. The van der Waals surface area contributed by atoms with Crippen molar-refractivity contribution in [2.24, 2.45) is 5.41 Å². The highest BCUT2D eigenvalue weighted by atomic mass is 16.9. The van der Waals surface area contributed by atoms with Crippen molar-refractivity contribution in [2.75, 3.05) is 60.5 Å². The molecule has 2 N–H and O–H groups in total. The Morgan fingerprint density at radius 2 is 1.15 bits per heavy atom. The predicted molar refractivity (Wildman–Crippen MR) is 148 cm³/mol. The van der Waals surface area contributed by atoms with E-state index in [1.54, 1.807) is 48.5 Å². The summed E-state index contributed by atoms with van der Waals surface area (Å²) in [6.45, 7) is 11.9. The van der Waals surface area contributed by atoms with Crippen LogP contribution in [0.1, 0.15) is 80.6 Å². The van der Waals surface area contributed by atoms with E-state index in [0.29, 0.717) is 12.8 Å². The van der Waals surface area contributed by atoms with Gasteiger partial charge in [-0.25, -0.2) is 0 Å². The fourth-order valence-electron chi connectivity index (χ4n) is 5.34. The minimum atomic E-state index is -2.39. The Balaban J connectivity index is 8.21. The molecule has 0 aromatic rings. The molecule has 41 heavy (non-hydrogen) atoms. The summed E-state index contributed by atoms with van der Waals surface area (Å²) in [6.07, 6.45) is -0.836. The van der Waals surface area contributed by atoms with E-state index < -0.39 is 41.2 Å². The molecular weight excluding hydrogens is 544 g/mol. The zero-order valence-electron chi connectivity index (χ0n) is 26.4. The number of carbonyl (C=O) groups is 2. The second kappa shape index (κ2) is 19.7. The van der Waals surface area contributed by atoms with E-state index in [4.69, 9.17) is 47.7 Å². The van der Waals surface area contributed by atoms with E-state index in [2.05, 4.69) is 0 Å². The van der Waals surface area contributed by atoms with Gasteiger partial charge in [0.1, 0.15) is 0 Å². The quantitative estimate of drug-likeness (QED) is 0.103. The molecule has 0 aromatic carbocycles. The van der Waals surface area contributed by atoms with Crippen molar-refractivity contribution in [1.82, 2.24) is 0 Å². The number of ether oxygens (including phenoxy) is 9. The van der Waals surface area contributed by atoms with Crippen LogP contribution in [0.3, 0.4) is 0 Å². The maximum atomic E-state index is 14.1. The maximum absolute atomic E-state index is 14.1. The van der Waals surface area contributed by atoms with E-state index in [9.17, 15) is 14.7 Å². The summed E-state index contributed by atoms with van der Waals surface area (Å²) in [7, 11) is 2.65. The van der Waals surface area contributed by atoms with Crippen molar-refractivity contribution in [3.63, 3.8) is 0 Å². The van der Waals surface area contributed by atoms with Gasteiger partial charge in [-0.15, -0.1) is 0 Å². The van der Waals surface area contributed by atoms with Gasteiger partial charge in [-0.3, -0.25) is 9.59 Å². The van der Waals surface area contributed by atoms with Crippen LogP contribution in [0.25, 0.3) is 0 Å². The minimum absolute atomic E-state index is 0.0153. The first-order chi connectivity index (χ1) is 19.6. The number of hydrogen-bond acceptors (Lipinski definition) is 11. The largest absolute Gasteiger partial charge is 0.481 e. The van der Waals surface area contributed by atoms with Gasteiger partial charge in [0.15, 0.2) is 5.41 Å². The van der Waals surface area contributed by atoms with Gasteiger partial charge < -0.3 is 52.8 Å². The minimum Gasteiger partial charge on any atom is -0.481 e. The summed E-state index contributed by atoms with van der Waals surface area (Å²) < 4.78 is 55.2. The molecule has 0 saturated heterocycles. The van der Waals surface area contributed by atoms with E-state index >= 15 is 0 Å². The summed E-state index contributed by atoms with van der Waals surface area (Å²) in [5.41, 5.74) is -2.36. The topological polar surface area (TPSA) is 158 Å². The van der Waals surface area contributed by atoms with Crippen LogP contribution in [0.5, 0.6) is 0 Å². The van der Waals surface area contributed by atoms with E-state index in [1.807, 2.05) is 0 Å². The van der Waals surface area contributed by atoms with Gasteiger partial charge in [0.25, 0.3) is 5.79 Å². The van der Waals surface area contributed by atoms with Crippen molar-refractivity contribution in [3.8, 4) is 0 Å². The average Bonchev–Trinajstić information content (AvgIpc) is 2.92. The number of methoxy groups -OCH3 is 2. The molecule has 0 fully saturated rings. The molecular formula is C28H54O13. The van der Waals surface area contributed by atoms with Crippen LogP contribution in [0.4, 0.5) is 0 Å². The summed E-state index contributed by atoms with van der Waals surface area (Å²) in [5, 5.41) is 20.6. The van der Waals surface area contributed by atoms with Crippen LogP contribution in [0.2, 0.25) is 0 Å². The number of carboxylic acids is 2. The fraction of sp³-hybridized carbons (Fsp3) is 0.929. The Labute approximate surface area is 245 Å². The molecule has 0 aromatic heterocycles. The highest BCUT2D eigenvalue weighted by Gasteiger charge is 2.82. The van der Waals surface area contributed by atoms with Crippen molar-refractivity contribution >= 4 is 11.9 Å². The molecule has 244 valence electrons. The lowest BCUT2D eigenvalue weighted by Crippen LogP contribution is -2.80. The molecule has 0 radical (unpaired) electrons. The SMILES string of the molecule is CCOC(OC)C(OCC)(OCC)C(CCCCCC(=O)O)(C(=O)O)C(OCC)(OCC)C(OC)(OCC)OCC. The number of hydrogen-bond donors (Lipinski definition) is 2. The number of unbranched alkanes of at least 4 members (excludes halogenated alkanes) is 2. The monoisotopic (exact) mass is 598 g/mol. The normalized spacial score (nSPS) is 15.0. The molecule has 0 aliphatic heterocycles. The first-order valence-electron chi connectivity index (χ1n) is 14.5. The lowest BCUT2D eigenvalue weighted by molar-refractivity contribution is -0.539. The van der Waals surface area contributed by atoms with Gasteiger partial charge >= 0.3 is 17.9 Å². The van der Waals surface area contributed by atoms with Crippen LogP contribution in [0.15, 0.2) is 0 Å². The molecule has 2 unspecified atom stereocenters. The average molecular weight is 599 g/mol. The van der Waals surface area contributed by atoms with Gasteiger partial charge in [-0.2, -0.15) is 0 Å². The van der Waals surface area contributed by atoms with Crippen molar-refractivity contribution < 1.29 is 62.4 Å². The highest BCUT2D eigenvalue weighted by molar-refractivity contribution is 5.78. The number of aliphatic carboxylic acids is 2. The van der Waals surface area contributed by atoms with Crippen LogP contribution < -0.4 is 0 Å². The van der Waals surface area contributed by atoms with Crippen molar-refractivity contribution in [3.05, 3.63) is 0 Å². The van der Waals surface area contributed by atoms with Crippen LogP contribution in [-0.4, -0.2) is 106 Å². The highest BCUT2D eigenvalue weighted by Crippen LogP contribution is 2.58. The Morgan fingerprint density at radius 1 is 0.659 bits per heavy atom. The van der Waals surface area contributed by atoms with Gasteiger partial charge in [0.05, 0.1) is 0 Å². The van der Waals surface area contributed by atoms with Crippen molar-refractivity contribution in [2.45, 2.75) is 104 Å². The molecule has 0 aliphatic carbocycles. The van der Waals surface area contributed by atoms with E-state index in [0.717, 1.165) is 0 Å². The second-order valence-electron chi connectivity index (χ2n) is 8.83. The van der Waals surface area contributed by atoms with Crippen LogP contribution >= 0.6 is 0 Å². The summed E-state index contributed by atoms with van der Waals surface area (Å²) in [6, 6.07) is 0. The van der Waals surface area contributed by atoms with Gasteiger partial charge in [-0.1, -0.05) is 12.8 Å². The first-order valence-corrected chi connectivity index (χ1v) is 14.5. The standard InChI is InChI=1S/C28H54O13/c1-10-35-24(33-8)26(36-11-2,37-12-3)25(23(31)32,21-19-17-18-20-22(29)30)27(38-13-4,39-14-5)28(34-9,40-15-6)41-16-7/h24H,10-21H2,1-9H3,(H,29,30)(H,31,32). The summed E-state index contributed by atoms with van der Waals surface area (Å²) in [5.74, 6) is -9.25. The Kier molecular flexibility index (Phi) is 19.0. The zero-order valence-corrected chi connectivity index (χ0v) is 26.4. The predicted octanol–water partition coefficient (Wildman–Crippen LogP) is 4.01. The third-order valence-electron chi connectivity index (χ3n) is 6.56. The lowest BCUT2D eigenvalue weighted by atomic mass is 9.65. The molecule has 0 amide bonds. The molecule has 2 atom stereocenters. The zero-order chi connectivity index (χ0) is 31.6. The Hall–Kier alpha value is -1.42. The molecule has 0 bridgehead atoms. The third kappa shape index (κ3) is 8.36. The molecule has 0 rings (SSSR count). The Morgan fingerprint density at radius 3 is 1.49 bits per heavy atom. The first kappa shape index (κ1) is 39.6. The van der Waals surface area contributed by atoms with Gasteiger partial charge in [0, 0.05) is 66.9 Å². The summed E-state index contributed by atoms with van der Waals surface area (Å²) >= 11 is 0. The van der Waals surface area contributed by atoms with Crippen LogP contribution in [0, 0.1) is 5.41 Å². The fourth-order valence-corrected chi connectivity index (χ4v) is 5.34. The molecule has 0 spiro atoms. The molecule has 13 nitrogen and oxygen atoms in total.